The van der Waals surface area contributed by atoms with Crippen molar-refractivity contribution in [1.82, 2.24) is 4.90 Å². The van der Waals surface area contributed by atoms with Gasteiger partial charge in [0.2, 0.25) is 0 Å². The summed E-state index contributed by atoms with van der Waals surface area (Å²) in [6, 6.07) is 2.01. The molecule has 2 fully saturated rings. The minimum atomic E-state index is 0.474. The van der Waals surface area contributed by atoms with Crippen LogP contribution in [-0.2, 0) is 0 Å². The molecule has 0 heterocycles. The lowest BCUT2D eigenvalue weighted by Crippen LogP contribution is -2.45. The summed E-state index contributed by atoms with van der Waals surface area (Å²) in [4.78, 5) is 2.62. The molecule has 2 aliphatic carbocycles. The highest BCUT2D eigenvalue weighted by Crippen LogP contribution is 2.50. The van der Waals surface area contributed by atoms with Crippen molar-refractivity contribution in [2.24, 2.45) is 11.1 Å². The summed E-state index contributed by atoms with van der Waals surface area (Å²) in [5.41, 5.74) is 6.57. The highest BCUT2D eigenvalue weighted by molar-refractivity contribution is 4.98. The van der Waals surface area contributed by atoms with E-state index in [4.69, 9.17) is 5.73 Å². The van der Waals surface area contributed by atoms with Crippen molar-refractivity contribution in [3.63, 3.8) is 0 Å². The SMILES string of the molecule is CC(N(C)C1CCC(N)CC1)C1(C)CC1. The Bertz CT molecular complexity index is 215. The molecule has 0 spiro atoms. The molecule has 2 saturated carbocycles. The van der Waals surface area contributed by atoms with Crippen molar-refractivity contribution in [1.29, 1.82) is 0 Å². The minimum Gasteiger partial charge on any atom is -0.328 e. The van der Waals surface area contributed by atoms with Gasteiger partial charge in [-0.05, 0) is 57.9 Å². The van der Waals surface area contributed by atoms with Crippen molar-refractivity contribution >= 4 is 0 Å². The number of hydrogen-bond donors (Lipinski definition) is 1. The van der Waals surface area contributed by atoms with Gasteiger partial charge < -0.3 is 10.6 Å². The average Bonchev–Trinajstić information content (AvgIpc) is 2.97. The van der Waals surface area contributed by atoms with Gasteiger partial charge in [0, 0.05) is 18.1 Å². The largest absolute Gasteiger partial charge is 0.328 e. The van der Waals surface area contributed by atoms with Crippen LogP contribution < -0.4 is 5.73 Å². The highest BCUT2D eigenvalue weighted by atomic mass is 15.2. The summed E-state index contributed by atoms with van der Waals surface area (Å²) in [7, 11) is 2.32. The molecule has 0 aliphatic heterocycles. The monoisotopic (exact) mass is 210 g/mol. The smallest absolute Gasteiger partial charge is 0.0121 e. The zero-order chi connectivity index (χ0) is 11.1. The lowest BCUT2D eigenvalue weighted by molar-refractivity contribution is 0.101. The van der Waals surface area contributed by atoms with Crippen LogP contribution in [0.25, 0.3) is 0 Å². The molecule has 2 N–H and O–H groups in total. The molecule has 0 aromatic carbocycles. The maximum Gasteiger partial charge on any atom is 0.0121 e. The van der Waals surface area contributed by atoms with Crippen molar-refractivity contribution in [2.75, 3.05) is 7.05 Å². The lowest BCUT2D eigenvalue weighted by atomic mass is 9.88. The number of rotatable bonds is 3. The zero-order valence-corrected chi connectivity index (χ0v) is 10.5. The van der Waals surface area contributed by atoms with E-state index in [0.29, 0.717) is 11.5 Å². The van der Waals surface area contributed by atoms with Crippen LogP contribution >= 0.6 is 0 Å². The Balaban J connectivity index is 1.87. The Morgan fingerprint density at radius 2 is 1.73 bits per heavy atom. The van der Waals surface area contributed by atoms with E-state index in [-0.39, 0.29) is 0 Å². The summed E-state index contributed by atoms with van der Waals surface area (Å²) in [6.07, 6.45) is 7.89. The molecule has 0 amide bonds. The fraction of sp³-hybridized carbons (Fsp3) is 1.00. The molecule has 0 aromatic heterocycles. The van der Waals surface area contributed by atoms with Crippen LogP contribution in [0.4, 0.5) is 0 Å². The van der Waals surface area contributed by atoms with E-state index in [9.17, 15) is 0 Å². The maximum atomic E-state index is 5.95. The van der Waals surface area contributed by atoms with E-state index in [2.05, 4.69) is 25.8 Å². The summed E-state index contributed by atoms with van der Waals surface area (Å²) < 4.78 is 0. The second-order valence-corrected chi connectivity index (χ2v) is 6.06. The van der Waals surface area contributed by atoms with E-state index < -0.39 is 0 Å². The summed E-state index contributed by atoms with van der Waals surface area (Å²) in [5.74, 6) is 0. The Morgan fingerprint density at radius 3 is 2.20 bits per heavy atom. The van der Waals surface area contributed by atoms with E-state index in [1.165, 1.54) is 38.5 Å². The molecular weight excluding hydrogens is 184 g/mol. The topological polar surface area (TPSA) is 29.3 Å². The molecule has 15 heavy (non-hydrogen) atoms. The quantitative estimate of drug-likeness (QED) is 0.775. The van der Waals surface area contributed by atoms with Gasteiger partial charge in [0.05, 0.1) is 0 Å². The van der Waals surface area contributed by atoms with Gasteiger partial charge in [0.15, 0.2) is 0 Å². The van der Waals surface area contributed by atoms with Crippen molar-refractivity contribution in [3.05, 3.63) is 0 Å². The van der Waals surface area contributed by atoms with E-state index >= 15 is 0 Å². The molecule has 2 rings (SSSR count). The molecule has 0 bridgehead atoms. The first-order chi connectivity index (χ1) is 7.03. The van der Waals surface area contributed by atoms with Gasteiger partial charge in [0.1, 0.15) is 0 Å². The van der Waals surface area contributed by atoms with Gasteiger partial charge in [-0.25, -0.2) is 0 Å². The first-order valence-corrected chi connectivity index (χ1v) is 6.50. The first-order valence-electron chi connectivity index (χ1n) is 6.50. The molecule has 1 atom stereocenters. The normalized spacial score (nSPS) is 36.6. The molecule has 0 saturated heterocycles. The van der Waals surface area contributed by atoms with Crippen LogP contribution in [0.2, 0.25) is 0 Å². The van der Waals surface area contributed by atoms with Crippen LogP contribution in [0.1, 0.15) is 52.4 Å². The number of nitrogens with zero attached hydrogens (tertiary/aromatic N) is 1. The average molecular weight is 210 g/mol. The Kier molecular flexibility index (Phi) is 3.09. The first kappa shape index (κ1) is 11.4. The molecule has 1 unspecified atom stereocenters. The summed E-state index contributed by atoms with van der Waals surface area (Å²) in [5, 5.41) is 0. The van der Waals surface area contributed by atoms with Crippen molar-refractivity contribution < 1.29 is 0 Å². The Morgan fingerprint density at radius 1 is 1.20 bits per heavy atom. The van der Waals surface area contributed by atoms with Crippen LogP contribution in [-0.4, -0.2) is 30.1 Å². The van der Waals surface area contributed by atoms with Gasteiger partial charge >= 0.3 is 0 Å². The fourth-order valence-corrected chi connectivity index (χ4v) is 2.93. The van der Waals surface area contributed by atoms with Crippen molar-refractivity contribution in [2.45, 2.75) is 70.5 Å². The predicted molar refractivity (Wildman–Crippen MR) is 64.8 cm³/mol. The molecule has 0 aromatic rings. The second kappa shape index (κ2) is 4.06. The van der Waals surface area contributed by atoms with E-state index in [0.717, 1.165) is 12.1 Å². The molecule has 0 radical (unpaired) electrons. The van der Waals surface area contributed by atoms with Crippen molar-refractivity contribution in [3.8, 4) is 0 Å². The van der Waals surface area contributed by atoms with E-state index in [1.54, 1.807) is 0 Å². The third-order valence-corrected chi connectivity index (χ3v) is 4.98. The predicted octanol–water partition coefficient (Wildman–Crippen LogP) is 2.38. The maximum absolute atomic E-state index is 5.95. The van der Waals surface area contributed by atoms with Crippen LogP contribution in [0.5, 0.6) is 0 Å². The van der Waals surface area contributed by atoms with Gasteiger partial charge in [0.25, 0.3) is 0 Å². The number of hydrogen-bond acceptors (Lipinski definition) is 2. The zero-order valence-electron chi connectivity index (χ0n) is 10.5. The summed E-state index contributed by atoms with van der Waals surface area (Å²) >= 11 is 0. The van der Waals surface area contributed by atoms with Gasteiger partial charge in [-0.3, -0.25) is 0 Å². The molecule has 2 nitrogen and oxygen atoms in total. The van der Waals surface area contributed by atoms with E-state index in [1.807, 2.05) is 0 Å². The standard InChI is InChI=1S/C13H26N2/c1-10(13(2)8-9-13)15(3)12-6-4-11(14)5-7-12/h10-12H,4-9,14H2,1-3H3. The number of nitrogens with two attached hydrogens (primary N) is 1. The molecule has 2 heteroatoms. The summed E-state index contributed by atoms with van der Waals surface area (Å²) in [6.45, 7) is 4.84. The van der Waals surface area contributed by atoms with Gasteiger partial charge in [-0.1, -0.05) is 6.92 Å². The van der Waals surface area contributed by atoms with Crippen LogP contribution in [0, 0.1) is 5.41 Å². The Labute approximate surface area is 94.2 Å². The molecule has 88 valence electrons. The van der Waals surface area contributed by atoms with Gasteiger partial charge in [-0.2, -0.15) is 0 Å². The third-order valence-electron chi connectivity index (χ3n) is 4.98. The highest BCUT2D eigenvalue weighted by Gasteiger charge is 2.45. The molecule has 2 aliphatic rings. The Hall–Kier alpha value is -0.0800. The third kappa shape index (κ3) is 2.36. The molecular formula is C13H26N2. The van der Waals surface area contributed by atoms with Gasteiger partial charge in [-0.15, -0.1) is 0 Å². The fourth-order valence-electron chi connectivity index (χ4n) is 2.93. The van der Waals surface area contributed by atoms with Crippen LogP contribution in [0.3, 0.4) is 0 Å². The lowest BCUT2D eigenvalue weighted by Gasteiger charge is -2.39. The minimum absolute atomic E-state index is 0.474. The van der Waals surface area contributed by atoms with Crippen LogP contribution in [0.15, 0.2) is 0 Å². The second-order valence-electron chi connectivity index (χ2n) is 6.06.